The number of nitrogen functional groups attached to an aromatic ring is 1. The maximum Gasteiger partial charge on any atom is 0.166 e. The maximum atomic E-state index is 14.2. The Hall–Kier alpha value is -3.68. The van der Waals surface area contributed by atoms with E-state index in [4.69, 9.17) is 26.9 Å². The van der Waals surface area contributed by atoms with Gasteiger partial charge in [-0.3, -0.25) is 9.98 Å². The smallest absolute Gasteiger partial charge is 0.166 e. The van der Waals surface area contributed by atoms with Gasteiger partial charge >= 0.3 is 0 Å². The molecule has 6 N–H and O–H groups in total. The van der Waals surface area contributed by atoms with Crippen LogP contribution in [-0.2, 0) is 0 Å². The third kappa shape index (κ3) is 4.64. The molecule has 168 valence electrons. The first kappa shape index (κ1) is 23.0. The molecule has 2 heterocycles. The molecule has 2 aromatic rings. The maximum absolute atomic E-state index is 14.2. The number of nitrogens with two attached hydrogens (primary N) is 3. The SMILES string of the molecule is CCN=C1C(=C(C)N)CC(C=NC)=C(N)c2ccc(F)cc2[C@@H](C)Oc2cc1cnc2N. The first-order valence-electron chi connectivity index (χ1n) is 10.4. The van der Waals surface area contributed by atoms with Crippen molar-refractivity contribution in [2.45, 2.75) is 33.3 Å². The summed E-state index contributed by atoms with van der Waals surface area (Å²) in [7, 11) is 1.67. The van der Waals surface area contributed by atoms with Gasteiger partial charge < -0.3 is 21.9 Å². The zero-order valence-electron chi connectivity index (χ0n) is 18.8. The Bertz CT molecular complexity index is 1150. The lowest BCUT2D eigenvalue weighted by molar-refractivity contribution is 0.226. The van der Waals surface area contributed by atoms with Crippen molar-refractivity contribution in [3.8, 4) is 5.75 Å². The standard InChI is InChI=1S/C24H29FN6O/c1-5-30-23-16-9-21(24(28)31-12-16)32-14(3)20-10-17(25)6-7-18(20)22(27)15(11-29-4)8-19(23)13(2)26/h6-7,9-12,14H,5,8,26-27H2,1-4H3,(H2,28,31)/t14-/m1/s1. The van der Waals surface area contributed by atoms with Crippen LogP contribution in [0.2, 0.25) is 0 Å². The molecule has 0 aliphatic carbocycles. The Morgan fingerprint density at radius 2 is 2.06 bits per heavy atom. The van der Waals surface area contributed by atoms with Crippen molar-refractivity contribution in [2.75, 3.05) is 19.3 Å². The summed E-state index contributed by atoms with van der Waals surface area (Å²) in [5, 5.41) is 0. The molecule has 0 radical (unpaired) electrons. The van der Waals surface area contributed by atoms with E-state index in [2.05, 4.69) is 9.98 Å². The van der Waals surface area contributed by atoms with Gasteiger partial charge in [0.2, 0.25) is 0 Å². The predicted octanol–water partition coefficient (Wildman–Crippen LogP) is 3.76. The molecule has 1 aromatic carbocycles. The molecular formula is C24H29FN6O. The average molecular weight is 437 g/mol. The molecule has 0 unspecified atom stereocenters. The van der Waals surface area contributed by atoms with E-state index in [1.807, 2.05) is 20.8 Å². The molecule has 2 bridgehead atoms. The fourth-order valence-corrected chi connectivity index (χ4v) is 3.71. The van der Waals surface area contributed by atoms with Gasteiger partial charge in [0.25, 0.3) is 0 Å². The van der Waals surface area contributed by atoms with Crippen LogP contribution < -0.4 is 21.9 Å². The Morgan fingerprint density at radius 3 is 2.72 bits per heavy atom. The summed E-state index contributed by atoms with van der Waals surface area (Å²) >= 11 is 0. The highest BCUT2D eigenvalue weighted by molar-refractivity contribution is 6.14. The summed E-state index contributed by atoms with van der Waals surface area (Å²) < 4.78 is 20.3. The van der Waals surface area contributed by atoms with Gasteiger partial charge in [-0.25, -0.2) is 9.37 Å². The number of rotatable bonds is 2. The van der Waals surface area contributed by atoms with E-state index in [1.54, 1.807) is 31.6 Å². The van der Waals surface area contributed by atoms with Gasteiger partial charge in [-0.2, -0.15) is 0 Å². The Kier molecular flexibility index (Phi) is 6.92. The first-order valence-corrected chi connectivity index (χ1v) is 10.4. The number of hydrogen-bond donors (Lipinski definition) is 3. The zero-order valence-corrected chi connectivity index (χ0v) is 18.8. The minimum absolute atomic E-state index is 0.226. The van der Waals surface area contributed by atoms with E-state index >= 15 is 0 Å². The fourth-order valence-electron chi connectivity index (χ4n) is 3.71. The average Bonchev–Trinajstić information content (AvgIpc) is 2.75. The number of pyridine rings is 1. The van der Waals surface area contributed by atoms with Crippen molar-refractivity contribution in [2.24, 2.45) is 21.5 Å². The van der Waals surface area contributed by atoms with Crippen LogP contribution in [0, 0.1) is 5.82 Å². The van der Waals surface area contributed by atoms with Gasteiger partial charge in [-0.15, -0.1) is 0 Å². The quantitative estimate of drug-likeness (QED) is 0.618. The molecule has 32 heavy (non-hydrogen) atoms. The second kappa shape index (κ2) is 9.64. The summed E-state index contributed by atoms with van der Waals surface area (Å²) in [5.74, 6) is 0.214. The van der Waals surface area contributed by atoms with Crippen LogP contribution in [0.4, 0.5) is 10.2 Å². The molecule has 7 nitrogen and oxygen atoms in total. The van der Waals surface area contributed by atoms with Crippen molar-refractivity contribution in [3.63, 3.8) is 0 Å². The third-order valence-corrected chi connectivity index (χ3v) is 5.28. The van der Waals surface area contributed by atoms with E-state index in [1.165, 1.54) is 12.1 Å². The largest absolute Gasteiger partial charge is 0.482 e. The van der Waals surface area contributed by atoms with Crippen molar-refractivity contribution >= 4 is 23.4 Å². The van der Waals surface area contributed by atoms with Crippen LogP contribution in [0.25, 0.3) is 5.70 Å². The van der Waals surface area contributed by atoms with Crippen molar-refractivity contribution in [1.82, 2.24) is 4.98 Å². The lowest BCUT2D eigenvalue weighted by Crippen LogP contribution is -2.18. The van der Waals surface area contributed by atoms with Crippen LogP contribution in [0.15, 0.2) is 57.3 Å². The zero-order chi connectivity index (χ0) is 23.4. The van der Waals surface area contributed by atoms with Crippen LogP contribution >= 0.6 is 0 Å². The Balaban J connectivity index is 2.39. The number of aromatic nitrogens is 1. The minimum atomic E-state index is -0.546. The van der Waals surface area contributed by atoms with Gasteiger partial charge in [0.05, 0.1) is 5.71 Å². The number of nitrogens with zero attached hydrogens (tertiary/aromatic N) is 3. The van der Waals surface area contributed by atoms with E-state index < -0.39 is 6.10 Å². The lowest BCUT2D eigenvalue weighted by Gasteiger charge is -2.23. The van der Waals surface area contributed by atoms with Crippen LogP contribution in [0.3, 0.4) is 0 Å². The molecule has 1 aromatic heterocycles. The number of allylic oxidation sites excluding steroid dienone is 3. The normalized spacial score (nSPS) is 19.9. The molecule has 1 atom stereocenters. The Morgan fingerprint density at radius 1 is 1.31 bits per heavy atom. The van der Waals surface area contributed by atoms with Gasteiger partial charge in [-0.05, 0) is 50.6 Å². The molecule has 0 spiro atoms. The topological polar surface area (TPSA) is 125 Å². The van der Waals surface area contributed by atoms with E-state index in [0.717, 1.165) is 16.7 Å². The number of anilines is 1. The van der Waals surface area contributed by atoms with Gasteiger partial charge in [0.15, 0.2) is 11.6 Å². The lowest BCUT2D eigenvalue weighted by atomic mass is 9.91. The van der Waals surface area contributed by atoms with Crippen LogP contribution in [0.1, 0.15) is 50.0 Å². The molecule has 0 saturated heterocycles. The van der Waals surface area contributed by atoms with Crippen molar-refractivity contribution < 1.29 is 9.13 Å². The highest BCUT2D eigenvalue weighted by Crippen LogP contribution is 2.34. The number of benzene rings is 1. The molecule has 0 amide bonds. The van der Waals surface area contributed by atoms with Crippen molar-refractivity contribution in [1.29, 1.82) is 0 Å². The monoisotopic (exact) mass is 436 g/mol. The summed E-state index contributed by atoms with van der Waals surface area (Å²) in [5.41, 5.74) is 24.3. The number of aliphatic imine (C=N–C) groups is 2. The molecule has 1 aliphatic heterocycles. The number of ether oxygens (including phenoxy) is 1. The van der Waals surface area contributed by atoms with Crippen LogP contribution in [0.5, 0.6) is 5.75 Å². The second-order valence-electron chi connectivity index (χ2n) is 7.59. The first-order chi connectivity index (χ1) is 15.3. The molecule has 8 heteroatoms. The van der Waals surface area contributed by atoms with E-state index in [-0.39, 0.29) is 11.6 Å². The predicted molar refractivity (Wildman–Crippen MR) is 128 cm³/mol. The highest BCUT2D eigenvalue weighted by atomic mass is 19.1. The second-order valence-corrected chi connectivity index (χ2v) is 7.59. The number of fused-ring (bicyclic) bond motifs is 3. The number of halogens is 1. The van der Waals surface area contributed by atoms with E-state index in [0.29, 0.717) is 46.9 Å². The summed E-state index contributed by atoms with van der Waals surface area (Å²) in [6.07, 6.45) is 3.18. The molecule has 0 saturated carbocycles. The van der Waals surface area contributed by atoms with Crippen molar-refractivity contribution in [3.05, 3.63) is 69.8 Å². The van der Waals surface area contributed by atoms with Crippen LogP contribution in [-0.4, -0.2) is 30.5 Å². The van der Waals surface area contributed by atoms with Gasteiger partial charge in [0.1, 0.15) is 11.9 Å². The van der Waals surface area contributed by atoms with E-state index in [9.17, 15) is 4.39 Å². The van der Waals surface area contributed by atoms with Gasteiger partial charge in [0, 0.05) is 66.1 Å². The highest BCUT2D eigenvalue weighted by Gasteiger charge is 2.23. The minimum Gasteiger partial charge on any atom is -0.482 e. The summed E-state index contributed by atoms with van der Waals surface area (Å²) in [6.45, 7) is 6.12. The molecular weight excluding hydrogens is 407 g/mol. The molecule has 1 aliphatic rings. The molecule has 0 fully saturated rings. The summed E-state index contributed by atoms with van der Waals surface area (Å²) in [6, 6.07) is 6.22. The number of hydrogen-bond acceptors (Lipinski definition) is 7. The summed E-state index contributed by atoms with van der Waals surface area (Å²) in [4.78, 5) is 13.2. The molecule has 3 rings (SSSR count). The third-order valence-electron chi connectivity index (χ3n) is 5.28. The Labute approximate surface area is 187 Å². The fraction of sp³-hybridized carbons (Fsp3) is 0.292. The van der Waals surface area contributed by atoms with Gasteiger partial charge in [-0.1, -0.05) is 0 Å².